The topological polar surface area (TPSA) is 83.4 Å². The van der Waals surface area contributed by atoms with Gasteiger partial charge < -0.3 is 9.40 Å². The van der Waals surface area contributed by atoms with E-state index in [9.17, 15) is 14.4 Å². The van der Waals surface area contributed by atoms with Crippen molar-refractivity contribution in [3.63, 3.8) is 0 Å². The predicted octanol–water partition coefficient (Wildman–Crippen LogP) is 4.02. The van der Waals surface area contributed by atoms with Gasteiger partial charge in [0.1, 0.15) is 5.76 Å². The number of furan rings is 1. The van der Waals surface area contributed by atoms with Gasteiger partial charge in [0.25, 0.3) is 0 Å². The third-order valence-corrected chi connectivity index (χ3v) is 10.5. The van der Waals surface area contributed by atoms with Crippen molar-refractivity contribution in [2.75, 3.05) is 4.90 Å². The molecule has 2 saturated carbocycles. The molecule has 7 rings (SSSR count). The van der Waals surface area contributed by atoms with Gasteiger partial charge in [0, 0.05) is 5.25 Å². The highest BCUT2D eigenvalue weighted by Crippen LogP contribution is 2.68. The van der Waals surface area contributed by atoms with Crippen LogP contribution < -0.4 is 9.77 Å². The first-order valence-electron chi connectivity index (χ1n) is 10.9. The van der Waals surface area contributed by atoms with Crippen LogP contribution in [0, 0.1) is 36.5 Å². The maximum Gasteiger partial charge on any atom is 0.305 e. The van der Waals surface area contributed by atoms with E-state index in [1.807, 2.05) is 43.3 Å². The van der Waals surface area contributed by atoms with Gasteiger partial charge in [-0.15, -0.1) is 11.8 Å². The summed E-state index contributed by atoms with van der Waals surface area (Å²) in [5.41, 5.74) is 1.76. The maximum atomic E-state index is 13.6. The molecule has 7 unspecified atom stereocenters. The lowest BCUT2D eigenvalue weighted by Gasteiger charge is -2.42. The lowest BCUT2D eigenvalue weighted by Crippen LogP contribution is -2.42. The van der Waals surface area contributed by atoms with Gasteiger partial charge in [0.15, 0.2) is 0 Å². The normalized spacial score (nSPS) is 34.7. The molecule has 3 fully saturated rings. The van der Waals surface area contributed by atoms with Crippen molar-refractivity contribution in [2.45, 2.75) is 29.5 Å². The number of anilines is 1. The number of carbonyl (C=O) groups is 2. The molecule has 1 N–H and O–H groups in total. The SMILES string of the molecule is Cc1ccc(N2C(=O)C3C4CC(C3C2=O)C2C(c3ccco3)c3sc(=O)[nH]c3SC42)cc1. The molecule has 2 aliphatic carbocycles. The first-order chi connectivity index (χ1) is 15.5. The number of aryl methyl sites for hydroxylation is 1. The zero-order valence-corrected chi connectivity index (χ0v) is 18.8. The number of nitrogens with zero attached hydrogens (tertiary/aromatic N) is 1. The number of H-pyrrole nitrogens is 1. The fourth-order valence-corrected chi connectivity index (χ4v) is 9.62. The number of thiazole rings is 1. The van der Waals surface area contributed by atoms with E-state index in [4.69, 9.17) is 4.42 Å². The molecular weight excluding hydrogens is 444 g/mol. The summed E-state index contributed by atoms with van der Waals surface area (Å²) in [6.07, 6.45) is 2.55. The summed E-state index contributed by atoms with van der Waals surface area (Å²) in [5.74, 6) is 0.509. The van der Waals surface area contributed by atoms with Gasteiger partial charge in [0.2, 0.25) is 11.8 Å². The Hall–Kier alpha value is -2.58. The summed E-state index contributed by atoms with van der Waals surface area (Å²) in [6, 6.07) is 11.5. The molecule has 32 heavy (non-hydrogen) atoms. The zero-order chi connectivity index (χ0) is 21.7. The standard InChI is InChI=1S/C24H20N2O4S2/c1-10-4-6-11(7-5-10)26-22(27)16-12-9-13(17(16)23(26)28)19-15(12)18(14-3-2-8-30-14)20-21(31-19)25-24(29)32-20/h2-8,12-13,15-19H,9H2,1H3,(H,25,29). The van der Waals surface area contributed by atoms with Crippen molar-refractivity contribution in [3.8, 4) is 0 Å². The molecule has 8 heteroatoms. The Labute approximate surface area is 192 Å². The predicted molar refractivity (Wildman–Crippen MR) is 121 cm³/mol. The first-order valence-corrected chi connectivity index (χ1v) is 12.6. The van der Waals surface area contributed by atoms with Gasteiger partial charge in [-0.05, 0) is 55.4 Å². The van der Waals surface area contributed by atoms with E-state index in [0.717, 1.165) is 27.6 Å². The molecule has 1 saturated heterocycles. The van der Waals surface area contributed by atoms with Crippen molar-refractivity contribution in [3.05, 3.63) is 68.5 Å². The number of carbonyl (C=O) groups excluding carboxylic acids is 2. The first kappa shape index (κ1) is 18.9. The van der Waals surface area contributed by atoms with Gasteiger partial charge in [-0.1, -0.05) is 29.0 Å². The Morgan fingerprint density at radius 1 is 1.03 bits per heavy atom. The van der Waals surface area contributed by atoms with Crippen LogP contribution in [0.25, 0.3) is 0 Å². The fraction of sp³-hybridized carbons (Fsp3) is 0.375. The number of hydrogen-bond acceptors (Lipinski definition) is 6. The lowest BCUT2D eigenvalue weighted by atomic mass is 9.69. The van der Waals surface area contributed by atoms with E-state index in [1.54, 1.807) is 18.0 Å². The van der Waals surface area contributed by atoms with E-state index >= 15 is 0 Å². The summed E-state index contributed by atoms with van der Waals surface area (Å²) >= 11 is 2.94. The minimum Gasteiger partial charge on any atom is -0.469 e. The highest BCUT2D eigenvalue weighted by atomic mass is 32.2. The molecule has 2 bridgehead atoms. The molecular formula is C24H20N2O4S2. The third-order valence-electron chi connectivity index (χ3n) is 7.87. The number of amides is 2. The Kier molecular flexibility index (Phi) is 3.84. The second-order valence-corrected chi connectivity index (χ2v) is 11.5. The van der Waals surface area contributed by atoms with Crippen molar-refractivity contribution in [1.29, 1.82) is 0 Å². The smallest absolute Gasteiger partial charge is 0.305 e. The van der Waals surface area contributed by atoms with Gasteiger partial charge >= 0.3 is 4.87 Å². The van der Waals surface area contributed by atoms with Crippen LogP contribution >= 0.6 is 23.1 Å². The lowest BCUT2D eigenvalue weighted by molar-refractivity contribution is -0.123. The Morgan fingerprint density at radius 2 is 1.78 bits per heavy atom. The van der Waals surface area contributed by atoms with Crippen molar-refractivity contribution >= 4 is 40.6 Å². The van der Waals surface area contributed by atoms with E-state index in [2.05, 4.69) is 4.98 Å². The quantitative estimate of drug-likeness (QED) is 0.580. The molecule has 4 aliphatic rings. The molecule has 3 aromatic rings. The Morgan fingerprint density at radius 3 is 2.50 bits per heavy atom. The number of hydrogen-bond donors (Lipinski definition) is 1. The van der Waals surface area contributed by atoms with E-state index in [1.165, 1.54) is 16.2 Å². The number of fused-ring (bicyclic) bond motifs is 9. The van der Waals surface area contributed by atoms with Gasteiger partial charge in [-0.25, -0.2) is 0 Å². The van der Waals surface area contributed by atoms with Gasteiger partial charge in [0.05, 0.1) is 39.6 Å². The van der Waals surface area contributed by atoms with Crippen molar-refractivity contribution < 1.29 is 14.0 Å². The van der Waals surface area contributed by atoms with Crippen LogP contribution in [-0.4, -0.2) is 22.0 Å². The summed E-state index contributed by atoms with van der Waals surface area (Å²) < 4.78 is 5.84. The van der Waals surface area contributed by atoms with E-state index in [-0.39, 0.29) is 57.4 Å². The van der Waals surface area contributed by atoms with Crippen LogP contribution in [-0.2, 0) is 9.59 Å². The highest BCUT2D eigenvalue weighted by molar-refractivity contribution is 8.00. The molecule has 6 nitrogen and oxygen atoms in total. The minimum atomic E-state index is -0.287. The molecule has 162 valence electrons. The number of aromatic nitrogens is 1. The molecule has 1 aromatic carbocycles. The molecule has 0 radical (unpaired) electrons. The number of benzene rings is 1. The number of imide groups is 1. The molecule has 7 atom stereocenters. The average Bonchev–Trinajstić information content (AvgIpc) is 3.57. The number of nitrogens with one attached hydrogen (secondary N) is 1. The van der Waals surface area contributed by atoms with Crippen LogP contribution in [0.2, 0.25) is 0 Å². The highest BCUT2D eigenvalue weighted by Gasteiger charge is 2.70. The average molecular weight is 465 g/mol. The maximum absolute atomic E-state index is 13.6. The fourth-order valence-electron chi connectivity index (χ4n) is 6.75. The van der Waals surface area contributed by atoms with E-state index in [0.29, 0.717) is 5.69 Å². The van der Waals surface area contributed by atoms with Crippen LogP contribution in [0.15, 0.2) is 56.9 Å². The van der Waals surface area contributed by atoms with Gasteiger partial charge in [-0.3, -0.25) is 19.3 Å². The summed E-state index contributed by atoms with van der Waals surface area (Å²) in [4.78, 5) is 44.7. The largest absolute Gasteiger partial charge is 0.469 e. The summed E-state index contributed by atoms with van der Waals surface area (Å²) in [5, 5.41) is 1.09. The van der Waals surface area contributed by atoms with Crippen LogP contribution in [0.1, 0.15) is 28.5 Å². The minimum absolute atomic E-state index is 0.0533. The number of thioether (sulfide) groups is 1. The second kappa shape index (κ2) is 6.48. The molecule has 2 aromatic heterocycles. The monoisotopic (exact) mass is 464 g/mol. The number of rotatable bonds is 2. The number of aromatic amines is 1. The third kappa shape index (κ3) is 2.34. The van der Waals surface area contributed by atoms with Crippen LogP contribution in [0.5, 0.6) is 0 Å². The second-order valence-electron chi connectivity index (χ2n) is 9.32. The molecule has 0 spiro atoms. The summed E-state index contributed by atoms with van der Waals surface area (Å²) in [7, 11) is 0. The Bertz CT molecular complexity index is 1310. The van der Waals surface area contributed by atoms with Crippen molar-refractivity contribution in [2.24, 2.45) is 29.6 Å². The summed E-state index contributed by atoms with van der Waals surface area (Å²) in [6.45, 7) is 1.99. The van der Waals surface area contributed by atoms with Crippen LogP contribution in [0.4, 0.5) is 5.69 Å². The van der Waals surface area contributed by atoms with Gasteiger partial charge in [-0.2, -0.15) is 0 Å². The molecule has 2 aliphatic heterocycles. The zero-order valence-electron chi connectivity index (χ0n) is 17.2. The Balaban J connectivity index is 1.32. The van der Waals surface area contributed by atoms with Crippen molar-refractivity contribution in [1.82, 2.24) is 4.98 Å². The molecule has 4 heterocycles. The molecule has 2 amide bonds. The van der Waals surface area contributed by atoms with Crippen LogP contribution in [0.3, 0.4) is 0 Å². The van der Waals surface area contributed by atoms with E-state index < -0.39 is 0 Å².